The van der Waals surface area contributed by atoms with Crippen LogP contribution in [0.1, 0.15) is 34.6 Å². The van der Waals surface area contributed by atoms with E-state index in [1.54, 1.807) is 13.8 Å². The molecule has 0 atom stereocenters. The molecule has 0 saturated heterocycles. The van der Waals surface area contributed by atoms with E-state index in [1.807, 2.05) is 12.1 Å². The van der Waals surface area contributed by atoms with Crippen molar-refractivity contribution >= 4 is 86.3 Å². The minimum absolute atomic E-state index is 0.0229. The van der Waals surface area contributed by atoms with E-state index in [0.717, 1.165) is 27.7 Å². The van der Waals surface area contributed by atoms with Crippen LogP contribution in [0.15, 0.2) is 19.7 Å². The molecule has 0 aliphatic rings. The van der Waals surface area contributed by atoms with Gasteiger partial charge in [0, 0.05) is 31.3 Å². The number of carbonyl (C=O) groups is 2. The number of halogens is 2. The van der Waals surface area contributed by atoms with Crippen LogP contribution in [0.4, 0.5) is 0 Å². The Morgan fingerprint density at radius 2 is 1.20 bits per heavy atom. The minimum atomic E-state index is 0.0229. The summed E-state index contributed by atoms with van der Waals surface area (Å²) in [6.45, 7) is 3.14. The van der Waals surface area contributed by atoms with Crippen LogP contribution in [0.25, 0.3) is 20.2 Å². The average Bonchev–Trinajstić information content (AvgIpc) is 2.85. The predicted molar refractivity (Wildman–Crippen MR) is 92.6 cm³/mol. The van der Waals surface area contributed by atoms with Gasteiger partial charge in [-0.2, -0.15) is 0 Å². The highest BCUT2D eigenvalue weighted by molar-refractivity contribution is 9.11. The van der Waals surface area contributed by atoms with Crippen molar-refractivity contribution in [2.45, 2.75) is 13.8 Å². The lowest BCUT2D eigenvalue weighted by molar-refractivity contribution is 0.101. The Morgan fingerprint density at radius 1 is 0.850 bits per heavy atom. The van der Waals surface area contributed by atoms with E-state index in [0.29, 0.717) is 11.1 Å². The molecule has 2 nitrogen and oxygen atoms in total. The van der Waals surface area contributed by atoms with Crippen molar-refractivity contribution in [3.63, 3.8) is 0 Å². The van der Waals surface area contributed by atoms with Crippen molar-refractivity contribution < 1.29 is 9.59 Å². The van der Waals surface area contributed by atoms with E-state index in [2.05, 4.69) is 31.9 Å². The maximum absolute atomic E-state index is 12.1. The summed E-state index contributed by atoms with van der Waals surface area (Å²) in [4.78, 5) is 24.1. The third-order valence-corrected chi connectivity index (χ3v) is 6.41. The number of benzene rings is 1. The van der Waals surface area contributed by atoms with Crippen molar-refractivity contribution in [3.8, 4) is 0 Å². The first-order valence-corrected chi connectivity index (χ1v) is 8.98. The fourth-order valence-electron chi connectivity index (χ4n) is 2.41. The van der Waals surface area contributed by atoms with Gasteiger partial charge in [0.2, 0.25) is 0 Å². The normalized spacial score (nSPS) is 11.4. The summed E-state index contributed by atoms with van der Waals surface area (Å²) >= 11 is 9.90. The molecule has 0 amide bonds. The Hall–Kier alpha value is -0.560. The second-order valence-electron chi connectivity index (χ2n) is 4.45. The summed E-state index contributed by atoms with van der Waals surface area (Å²) in [6.07, 6.45) is 0. The Balaban J connectivity index is 2.67. The van der Waals surface area contributed by atoms with Crippen LogP contribution in [0.5, 0.6) is 0 Å². The van der Waals surface area contributed by atoms with Crippen molar-refractivity contribution in [3.05, 3.63) is 30.8 Å². The van der Waals surface area contributed by atoms with E-state index in [-0.39, 0.29) is 11.6 Å². The van der Waals surface area contributed by atoms with Crippen LogP contribution in [-0.4, -0.2) is 11.6 Å². The molecular formula is C14H8Br2O2S2. The van der Waals surface area contributed by atoms with Gasteiger partial charge < -0.3 is 0 Å². The minimum Gasteiger partial charge on any atom is -0.294 e. The molecule has 0 N–H and O–H groups in total. The Bertz CT molecular complexity index is 763. The number of hydrogen-bond donors (Lipinski definition) is 0. The monoisotopic (exact) mass is 430 g/mol. The van der Waals surface area contributed by atoms with E-state index >= 15 is 0 Å². The van der Waals surface area contributed by atoms with Crippen LogP contribution < -0.4 is 0 Å². The zero-order valence-electron chi connectivity index (χ0n) is 10.5. The zero-order chi connectivity index (χ0) is 14.6. The summed E-state index contributed by atoms with van der Waals surface area (Å²) in [7, 11) is 0. The molecule has 0 saturated carbocycles. The number of carbonyl (C=O) groups excluding carboxylic acids is 2. The van der Waals surface area contributed by atoms with E-state index < -0.39 is 0 Å². The standard InChI is InChI=1S/C14H8Br2O2S2/c1-5(17)11-7-3-9(15)20-14(7)12(6(2)18)8-4-10(16)19-13(8)11/h3-4H,1-2H3. The van der Waals surface area contributed by atoms with Crippen molar-refractivity contribution in [2.75, 3.05) is 0 Å². The third-order valence-electron chi connectivity index (χ3n) is 3.10. The molecule has 0 aliphatic carbocycles. The van der Waals surface area contributed by atoms with Gasteiger partial charge >= 0.3 is 0 Å². The van der Waals surface area contributed by atoms with E-state index in [4.69, 9.17) is 0 Å². The quantitative estimate of drug-likeness (QED) is 0.463. The molecule has 0 aliphatic heterocycles. The van der Waals surface area contributed by atoms with Gasteiger partial charge in [-0.25, -0.2) is 0 Å². The summed E-state index contributed by atoms with van der Waals surface area (Å²) in [5.41, 5.74) is 1.41. The Labute approximate surface area is 140 Å². The molecule has 2 heterocycles. The Morgan fingerprint density at radius 3 is 1.50 bits per heavy atom. The summed E-state index contributed by atoms with van der Waals surface area (Å²) in [6, 6.07) is 3.85. The van der Waals surface area contributed by atoms with Gasteiger partial charge in [0.15, 0.2) is 11.6 Å². The summed E-state index contributed by atoms with van der Waals surface area (Å²) in [5.74, 6) is 0.0458. The van der Waals surface area contributed by atoms with Gasteiger partial charge in [-0.15, -0.1) is 22.7 Å². The highest BCUT2D eigenvalue weighted by Crippen LogP contribution is 2.44. The largest absolute Gasteiger partial charge is 0.294 e. The first-order chi connectivity index (χ1) is 9.40. The number of fused-ring (bicyclic) bond motifs is 2. The van der Waals surface area contributed by atoms with Crippen molar-refractivity contribution in [1.29, 1.82) is 0 Å². The molecule has 2 aromatic heterocycles. The molecule has 3 aromatic rings. The molecule has 0 spiro atoms. The van der Waals surface area contributed by atoms with Gasteiger partial charge in [0.05, 0.1) is 7.57 Å². The Kier molecular flexibility index (Phi) is 3.61. The van der Waals surface area contributed by atoms with E-state index in [9.17, 15) is 9.59 Å². The number of Topliss-reactive ketones (excluding diaryl/α,β-unsaturated/α-hetero) is 2. The van der Waals surface area contributed by atoms with Crippen LogP contribution in [0.2, 0.25) is 0 Å². The number of thiophene rings is 2. The number of ketones is 2. The second-order valence-corrected chi connectivity index (χ2v) is 9.31. The molecule has 0 radical (unpaired) electrons. The molecule has 0 bridgehead atoms. The molecule has 6 heteroatoms. The highest BCUT2D eigenvalue weighted by atomic mass is 79.9. The van der Waals surface area contributed by atoms with Crippen molar-refractivity contribution in [1.82, 2.24) is 0 Å². The van der Waals surface area contributed by atoms with E-state index in [1.165, 1.54) is 22.7 Å². The SMILES string of the molecule is CC(=O)c1c2cc(Br)sc2c(C(C)=O)c2cc(Br)sc12. The van der Waals surface area contributed by atoms with Gasteiger partial charge in [-0.05, 0) is 57.8 Å². The number of rotatable bonds is 2. The summed E-state index contributed by atoms with van der Waals surface area (Å²) in [5, 5.41) is 1.72. The van der Waals surface area contributed by atoms with Crippen LogP contribution in [0.3, 0.4) is 0 Å². The third kappa shape index (κ3) is 2.09. The summed E-state index contributed by atoms with van der Waals surface area (Å²) < 4.78 is 3.61. The zero-order valence-corrected chi connectivity index (χ0v) is 15.3. The number of hydrogen-bond acceptors (Lipinski definition) is 4. The molecule has 20 heavy (non-hydrogen) atoms. The maximum atomic E-state index is 12.1. The average molecular weight is 432 g/mol. The predicted octanol–water partition coefficient (Wildman–Crippen LogP) is 6.05. The van der Waals surface area contributed by atoms with Crippen LogP contribution in [-0.2, 0) is 0 Å². The smallest absolute Gasteiger partial charge is 0.161 e. The molecule has 0 fully saturated rings. The van der Waals surface area contributed by atoms with Gasteiger partial charge in [0.25, 0.3) is 0 Å². The fourth-order valence-corrected chi connectivity index (χ4v) is 5.83. The van der Waals surface area contributed by atoms with Gasteiger partial charge in [-0.3, -0.25) is 9.59 Å². The van der Waals surface area contributed by atoms with Crippen LogP contribution in [0, 0.1) is 0 Å². The first-order valence-electron chi connectivity index (χ1n) is 5.76. The molecule has 3 rings (SSSR count). The van der Waals surface area contributed by atoms with Crippen LogP contribution >= 0.6 is 54.5 Å². The molecule has 1 aromatic carbocycles. The lowest BCUT2D eigenvalue weighted by atomic mass is 9.98. The fraction of sp³-hybridized carbons (Fsp3) is 0.143. The molecular weight excluding hydrogens is 424 g/mol. The van der Waals surface area contributed by atoms with Gasteiger partial charge in [0.1, 0.15) is 0 Å². The topological polar surface area (TPSA) is 34.1 Å². The molecule has 0 unspecified atom stereocenters. The first kappa shape index (κ1) is 14.4. The maximum Gasteiger partial charge on any atom is 0.161 e. The lowest BCUT2D eigenvalue weighted by Gasteiger charge is -2.06. The second kappa shape index (κ2) is 5.02. The van der Waals surface area contributed by atoms with Gasteiger partial charge in [-0.1, -0.05) is 0 Å². The molecule has 102 valence electrons. The van der Waals surface area contributed by atoms with Crippen molar-refractivity contribution in [2.24, 2.45) is 0 Å². The lowest BCUT2D eigenvalue weighted by Crippen LogP contribution is -1.99. The highest BCUT2D eigenvalue weighted by Gasteiger charge is 2.22.